The van der Waals surface area contributed by atoms with E-state index in [-0.39, 0.29) is 5.91 Å². The first kappa shape index (κ1) is 12.9. The number of nitrogen functional groups attached to an aromatic ring is 1. The van der Waals surface area contributed by atoms with Crippen molar-refractivity contribution in [2.45, 2.75) is 0 Å². The van der Waals surface area contributed by atoms with Crippen LogP contribution in [0.5, 0.6) is 0 Å². The van der Waals surface area contributed by atoms with Crippen molar-refractivity contribution in [1.82, 2.24) is 4.98 Å². The van der Waals surface area contributed by atoms with Gasteiger partial charge in [-0.2, -0.15) is 0 Å². The second kappa shape index (κ2) is 5.37. The predicted molar refractivity (Wildman–Crippen MR) is 75.8 cm³/mol. The lowest BCUT2D eigenvalue weighted by molar-refractivity contribution is 0.102. The van der Waals surface area contributed by atoms with Gasteiger partial charge in [-0.15, -0.1) is 0 Å². The van der Waals surface area contributed by atoms with Crippen molar-refractivity contribution in [1.29, 1.82) is 0 Å². The molecule has 0 saturated heterocycles. The number of amides is 1. The van der Waals surface area contributed by atoms with Gasteiger partial charge in [0.2, 0.25) is 0 Å². The molecule has 4 nitrogen and oxygen atoms in total. The van der Waals surface area contributed by atoms with E-state index in [0.717, 1.165) is 0 Å². The first-order chi connectivity index (χ1) is 8.59. The lowest BCUT2D eigenvalue weighted by atomic mass is 10.2. The summed E-state index contributed by atoms with van der Waals surface area (Å²) in [5.74, 6) is -0.00624. The number of anilines is 2. The van der Waals surface area contributed by atoms with E-state index in [1.165, 1.54) is 0 Å². The van der Waals surface area contributed by atoms with E-state index in [1.54, 1.807) is 36.5 Å². The number of benzene rings is 1. The van der Waals surface area contributed by atoms with Gasteiger partial charge in [-0.05, 0) is 40.2 Å². The van der Waals surface area contributed by atoms with E-state index in [1.807, 2.05) is 0 Å². The lowest BCUT2D eigenvalue weighted by Crippen LogP contribution is -2.14. The molecule has 1 amide bonds. The van der Waals surface area contributed by atoms with Crippen molar-refractivity contribution in [3.8, 4) is 0 Å². The Kier molecular flexibility index (Phi) is 3.84. The van der Waals surface area contributed by atoms with Crippen molar-refractivity contribution < 1.29 is 4.79 Å². The average molecular weight is 327 g/mol. The number of aromatic nitrogens is 1. The summed E-state index contributed by atoms with van der Waals surface area (Å²) in [4.78, 5) is 16.0. The quantitative estimate of drug-likeness (QED) is 0.832. The Hall–Kier alpha value is -1.59. The molecule has 2 aromatic rings. The number of rotatable bonds is 2. The first-order valence-electron chi connectivity index (χ1n) is 5.05. The third-order valence-corrected chi connectivity index (χ3v) is 3.45. The first-order valence-corrected chi connectivity index (χ1v) is 6.22. The van der Waals surface area contributed by atoms with Gasteiger partial charge in [-0.1, -0.05) is 17.7 Å². The van der Waals surface area contributed by atoms with Crippen LogP contribution in [0.3, 0.4) is 0 Å². The van der Waals surface area contributed by atoms with Gasteiger partial charge in [0.05, 0.1) is 15.1 Å². The minimum absolute atomic E-state index is 0.318. The van der Waals surface area contributed by atoms with Crippen LogP contribution in [0.15, 0.2) is 41.0 Å². The third kappa shape index (κ3) is 2.63. The van der Waals surface area contributed by atoms with Gasteiger partial charge in [0.25, 0.3) is 5.91 Å². The summed E-state index contributed by atoms with van der Waals surface area (Å²) in [6, 6.07) is 8.41. The second-order valence-corrected chi connectivity index (χ2v) is 4.70. The molecular weight excluding hydrogens is 318 g/mol. The standard InChI is InChI=1S/C12H9BrClN3O/c13-10-7(3-1-5-9(10)15)12(18)17-11-8(14)4-2-6-16-11/h1-6H,15H2,(H,16,17,18). The fourth-order valence-electron chi connectivity index (χ4n) is 1.38. The molecule has 3 N–H and O–H groups in total. The van der Waals surface area contributed by atoms with Crippen molar-refractivity contribution in [2.24, 2.45) is 0 Å². The molecule has 6 heteroatoms. The van der Waals surface area contributed by atoms with Crippen LogP contribution < -0.4 is 11.1 Å². The zero-order valence-corrected chi connectivity index (χ0v) is 11.5. The number of hydrogen-bond acceptors (Lipinski definition) is 3. The molecular formula is C12H9BrClN3O. The van der Waals surface area contributed by atoms with Crippen molar-refractivity contribution in [2.75, 3.05) is 11.1 Å². The van der Waals surface area contributed by atoms with Gasteiger partial charge < -0.3 is 11.1 Å². The van der Waals surface area contributed by atoms with Crippen LogP contribution in [0.1, 0.15) is 10.4 Å². The van der Waals surface area contributed by atoms with E-state index >= 15 is 0 Å². The summed E-state index contributed by atoms with van der Waals surface area (Å²) in [5.41, 5.74) is 6.64. The van der Waals surface area contributed by atoms with Gasteiger partial charge >= 0.3 is 0 Å². The van der Waals surface area contributed by atoms with Gasteiger partial charge in [-0.3, -0.25) is 4.79 Å². The van der Waals surface area contributed by atoms with Crippen molar-refractivity contribution in [3.63, 3.8) is 0 Å². The number of nitrogens with zero attached hydrogens (tertiary/aromatic N) is 1. The Balaban J connectivity index is 2.28. The number of carbonyl (C=O) groups is 1. The normalized spacial score (nSPS) is 10.1. The number of nitrogens with two attached hydrogens (primary N) is 1. The second-order valence-electron chi connectivity index (χ2n) is 3.50. The zero-order chi connectivity index (χ0) is 13.1. The van der Waals surface area contributed by atoms with Crippen LogP contribution in [0.25, 0.3) is 0 Å². The molecule has 0 aliphatic rings. The van der Waals surface area contributed by atoms with E-state index in [0.29, 0.717) is 26.6 Å². The highest BCUT2D eigenvalue weighted by Crippen LogP contribution is 2.25. The Morgan fingerprint density at radius 2 is 2.11 bits per heavy atom. The highest BCUT2D eigenvalue weighted by molar-refractivity contribution is 9.10. The number of hydrogen-bond donors (Lipinski definition) is 2. The minimum atomic E-state index is -0.324. The fourth-order valence-corrected chi connectivity index (χ4v) is 1.99. The maximum atomic E-state index is 12.0. The van der Waals surface area contributed by atoms with E-state index in [2.05, 4.69) is 26.2 Å². The monoisotopic (exact) mass is 325 g/mol. The highest BCUT2D eigenvalue weighted by atomic mass is 79.9. The Morgan fingerprint density at radius 3 is 2.83 bits per heavy atom. The van der Waals surface area contributed by atoms with Crippen LogP contribution in [-0.4, -0.2) is 10.9 Å². The number of pyridine rings is 1. The molecule has 0 saturated carbocycles. The average Bonchev–Trinajstić information content (AvgIpc) is 2.35. The molecule has 0 unspecified atom stereocenters. The smallest absolute Gasteiger partial charge is 0.258 e. The molecule has 1 heterocycles. The number of nitrogens with one attached hydrogen (secondary N) is 1. The summed E-state index contributed by atoms with van der Waals surface area (Å²) in [7, 11) is 0. The van der Waals surface area contributed by atoms with E-state index < -0.39 is 0 Å². The van der Waals surface area contributed by atoms with Crippen LogP contribution >= 0.6 is 27.5 Å². The third-order valence-electron chi connectivity index (χ3n) is 2.26. The zero-order valence-electron chi connectivity index (χ0n) is 9.15. The Bertz CT molecular complexity index is 604. The fraction of sp³-hybridized carbons (Fsp3) is 0. The lowest BCUT2D eigenvalue weighted by Gasteiger charge is -2.08. The topological polar surface area (TPSA) is 68.0 Å². The summed E-state index contributed by atoms with van der Waals surface area (Å²) < 4.78 is 0.551. The molecule has 0 spiro atoms. The van der Waals surface area contributed by atoms with Gasteiger partial charge in [0.15, 0.2) is 5.82 Å². The molecule has 18 heavy (non-hydrogen) atoms. The molecule has 0 atom stereocenters. The molecule has 1 aromatic carbocycles. The summed E-state index contributed by atoms with van der Waals surface area (Å²) in [6.07, 6.45) is 1.55. The summed E-state index contributed by atoms with van der Waals surface area (Å²) in [6.45, 7) is 0. The largest absolute Gasteiger partial charge is 0.398 e. The Morgan fingerprint density at radius 1 is 1.33 bits per heavy atom. The van der Waals surface area contributed by atoms with E-state index in [4.69, 9.17) is 17.3 Å². The molecule has 2 rings (SSSR count). The molecule has 0 aliphatic heterocycles. The van der Waals surface area contributed by atoms with Crippen molar-refractivity contribution >= 4 is 44.9 Å². The van der Waals surface area contributed by atoms with Gasteiger partial charge in [0.1, 0.15) is 0 Å². The minimum Gasteiger partial charge on any atom is -0.398 e. The SMILES string of the molecule is Nc1cccc(C(=O)Nc2ncccc2Cl)c1Br. The summed E-state index contributed by atoms with van der Waals surface area (Å²) >= 11 is 9.19. The molecule has 0 radical (unpaired) electrons. The maximum absolute atomic E-state index is 12.0. The predicted octanol–water partition coefficient (Wildman–Crippen LogP) is 3.33. The molecule has 0 fully saturated rings. The van der Waals surface area contributed by atoms with Crippen LogP contribution in [0.4, 0.5) is 11.5 Å². The molecule has 0 aliphatic carbocycles. The van der Waals surface area contributed by atoms with Crippen molar-refractivity contribution in [3.05, 3.63) is 51.6 Å². The van der Waals surface area contributed by atoms with Gasteiger partial charge in [0, 0.05) is 11.9 Å². The highest BCUT2D eigenvalue weighted by Gasteiger charge is 2.13. The summed E-state index contributed by atoms with van der Waals surface area (Å²) in [5, 5.41) is 3.01. The number of carbonyl (C=O) groups excluding carboxylic acids is 1. The van der Waals surface area contributed by atoms with Crippen LogP contribution in [-0.2, 0) is 0 Å². The Labute approximate surface area is 117 Å². The van der Waals surface area contributed by atoms with Crippen LogP contribution in [0.2, 0.25) is 5.02 Å². The number of halogens is 2. The maximum Gasteiger partial charge on any atom is 0.258 e. The van der Waals surface area contributed by atoms with Gasteiger partial charge in [-0.25, -0.2) is 4.98 Å². The molecule has 0 bridgehead atoms. The molecule has 92 valence electrons. The molecule has 1 aromatic heterocycles. The van der Waals surface area contributed by atoms with E-state index in [9.17, 15) is 4.79 Å². The van der Waals surface area contributed by atoms with Crippen LogP contribution in [0, 0.1) is 0 Å².